The molecule has 1 unspecified atom stereocenters. The minimum absolute atomic E-state index is 0.0625. The molecule has 1 aliphatic heterocycles. The fraction of sp³-hybridized carbons (Fsp3) is 0.286. The van der Waals surface area contributed by atoms with Crippen LogP contribution in [0.5, 0.6) is 5.75 Å². The molecule has 1 aliphatic rings. The summed E-state index contributed by atoms with van der Waals surface area (Å²) in [6.45, 7) is 6.13. The van der Waals surface area contributed by atoms with E-state index in [-0.39, 0.29) is 27.9 Å². The number of amides is 1. The number of ketones is 1. The Bertz CT molecular complexity index is 1400. The minimum Gasteiger partial charge on any atom is -0.507 e. The predicted octanol–water partition coefficient (Wildman–Crippen LogP) is 6.04. The molecule has 1 saturated heterocycles. The Morgan fingerprint density at radius 1 is 1.16 bits per heavy atom. The molecule has 198 valence electrons. The fourth-order valence-electron chi connectivity index (χ4n) is 4.08. The summed E-state index contributed by atoms with van der Waals surface area (Å²) in [5, 5.41) is 11.6. The van der Waals surface area contributed by atoms with E-state index in [9.17, 15) is 19.5 Å². The van der Waals surface area contributed by atoms with Gasteiger partial charge in [0.1, 0.15) is 16.4 Å². The summed E-state index contributed by atoms with van der Waals surface area (Å²) in [5.74, 6) is -1.98. The molecule has 1 amide bonds. The van der Waals surface area contributed by atoms with Crippen molar-refractivity contribution in [1.29, 1.82) is 0 Å². The highest BCUT2D eigenvalue weighted by Crippen LogP contribution is 2.44. The molecule has 2 aromatic carbocycles. The normalized spacial score (nSPS) is 16.6. The number of thiazole rings is 1. The van der Waals surface area contributed by atoms with Crippen LogP contribution in [0.1, 0.15) is 59.2 Å². The van der Waals surface area contributed by atoms with E-state index in [1.54, 1.807) is 50.2 Å². The smallest absolute Gasteiger partial charge is 0.350 e. The zero-order chi connectivity index (χ0) is 27.4. The number of carbonyl (C=O) groups is 3. The molecular weight excluding hydrogens is 619 g/mol. The lowest BCUT2D eigenvalue weighted by Crippen LogP contribution is -2.29. The molecular formula is C28H27IN2O6S. The zero-order valence-corrected chi connectivity index (χ0v) is 24.2. The predicted molar refractivity (Wildman–Crippen MR) is 154 cm³/mol. The maximum atomic E-state index is 13.4. The molecule has 1 N–H and O–H groups in total. The summed E-state index contributed by atoms with van der Waals surface area (Å²) in [6.07, 6.45) is 1.86. The molecule has 8 nitrogen and oxygen atoms in total. The van der Waals surface area contributed by atoms with E-state index >= 15 is 0 Å². The van der Waals surface area contributed by atoms with E-state index in [0.717, 1.165) is 27.7 Å². The summed E-state index contributed by atoms with van der Waals surface area (Å²) in [7, 11) is 0. The summed E-state index contributed by atoms with van der Waals surface area (Å²) in [4.78, 5) is 45.2. The van der Waals surface area contributed by atoms with Gasteiger partial charge in [0.05, 0.1) is 30.5 Å². The number of aliphatic hydroxyl groups is 1. The van der Waals surface area contributed by atoms with E-state index in [1.165, 1.54) is 4.90 Å². The van der Waals surface area contributed by atoms with Crippen LogP contribution in [0.3, 0.4) is 0 Å². The number of nitrogens with zero attached hydrogens (tertiary/aromatic N) is 2. The molecule has 0 bridgehead atoms. The van der Waals surface area contributed by atoms with Gasteiger partial charge >= 0.3 is 11.9 Å². The van der Waals surface area contributed by atoms with Crippen molar-refractivity contribution in [2.75, 3.05) is 18.1 Å². The number of hydrogen-bond donors (Lipinski definition) is 1. The molecule has 0 aliphatic carbocycles. The van der Waals surface area contributed by atoms with Gasteiger partial charge in [-0.3, -0.25) is 14.5 Å². The summed E-state index contributed by atoms with van der Waals surface area (Å²) >= 11 is 3.14. The minimum atomic E-state index is -0.947. The Balaban J connectivity index is 1.84. The Labute approximate surface area is 238 Å². The standard InChI is InChI=1S/C28H27IN2O6S/c1-4-6-14-37-20-9-7-8-18(15-20)23(32)21-22(17-10-12-19(29)13-11-17)31(26(34)24(21)33)28-30-16(3)25(38-28)27(35)36-5-2/h7-13,15,22,32H,4-6,14H2,1-3H3/b23-21+. The van der Waals surface area contributed by atoms with Crippen molar-refractivity contribution >= 4 is 62.5 Å². The third-order valence-electron chi connectivity index (χ3n) is 5.96. The van der Waals surface area contributed by atoms with E-state index < -0.39 is 23.7 Å². The molecule has 0 saturated carbocycles. The molecule has 4 rings (SSSR count). The molecule has 0 radical (unpaired) electrons. The number of anilines is 1. The molecule has 0 spiro atoms. The fourth-order valence-corrected chi connectivity index (χ4v) is 5.43. The number of hydrogen-bond acceptors (Lipinski definition) is 8. The number of rotatable bonds is 9. The lowest BCUT2D eigenvalue weighted by molar-refractivity contribution is -0.132. The first kappa shape index (κ1) is 27.8. The Morgan fingerprint density at radius 3 is 2.58 bits per heavy atom. The number of aliphatic hydroxyl groups excluding tert-OH is 1. The quantitative estimate of drug-likeness (QED) is 0.0755. The molecule has 1 aromatic heterocycles. The maximum absolute atomic E-state index is 13.4. The Kier molecular flexibility index (Phi) is 8.83. The van der Waals surface area contributed by atoms with Gasteiger partial charge in [-0.15, -0.1) is 0 Å². The van der Waals surface area contributed by atoms with E-state index in [1.807, 2.05) is 12.1 Å². The van der Waals surface area contributed by atoms with Gasteiger partial charge < -0.3 is 14.6 Å². The number of halogens is 1. The number of unbranched alkanes of at least 4 members (excludes halogenated alkanes) is 1. The summed E-state index contributed by atoms with van der Waals surface area (Å²) in [6, 6.07) is 13.2. The Hall–Kier alpha value is -3.25. The number of aromatic nitrogens is 1. The number of ether oxygens (including phenoxy) is 2. The van der Waals surface area contributed by atoms with Crippen LogP contribution in [0.4, 0.5) is 5.13 Å². The third-order valence-corrected chi connectivity index (χ3v) is 7.81. The number of esters is 1. The highest BCUT2D eigenvalue weighted by Gasteiger charge is 2.48. The van der Waals surface area contributed by atoms with Gasteiger partial charge in [-0.05, 0) is 72.7 Å². The molecule has 10 heteroatoms. The maximum Gasteiger partial charge on any atom is 0.350 e. The highest BCUT2D eigenvalue weighted by molar-refractivity contribution is 14.1. The topological polar surface area (TPSA) is 106 Å². The van der Waals surface area contributed by atoms with Crippen LogP contribution in [0.2, 0.25) is 0 Å². The SMILES string of the molecule is CCCCOc1cccc(/C(O)=C2\C(=O)C(=O)N(c3nc(C)c(C(=O)OCC)s3)C2c2ccc(I)cc2)c1. The summed E-state index contributed by atoms with van der Waals surface area (Å²) < 4.78 is 11.9. The molecule has 1 atom stereocenters. The highest BCUT2D eigenvalue weighted by atomic mass is 127. The second-order valence-corrected chi connectivity index (χ2v) is 10.8. The van der Waals surface area contributed by atoms with Crippen molar-refractivity contribution in [3.63, 3.8) is 0 Å². The van der Waals surface area contributed by atoms with Crippen LogP contribution in [-0.2, 0) is 14.3 Å². The second kappa shape index (κ2) is 12.1. The van der Waals surface area contributed by atoms with Crippen molar-refractivity contribution in [2.45, 2.75) is 39.7 Å². The van der Waals surface area contributed by atoms with Crippen molar-refractivity contribution < 1.29 is 29.0 Å². The van der Waals surface area contributed by atoms with Crippen molar-refractivity contribution in [3.8, 4) is 5.75 Å². The Morgan fingerprint density at radius 2 is 1.89 bits per heavy atom. The molecule has 38 heavy (non-hydrogen) atoms. The van der Waals surface area contributed by atoms with Crippen LogP contribution in [0, 0.1) is 10.5 Å². The van der Waals surface area contributed by atoms with Crippen LogP contribution in [0.15, 0.2) is 54.1 Å². The van der Waals surface area contributed by atoms with E-state index in [2.05, 4.69) is 34.5 Å². The van der Waals surface area contributed by atoms with E-state index in [4.69, 9.17) is 9.47 Å². The van der Waals surface area contributed by atoms with Crippen molar-refractivity contribution in [1.82, 2.24) is 4.98 Å². The molecule has 2 heterocycles. The van der Waals surface area contributed by atoms with Crippen molar-refractivity contribution in [3.05, 3.63) is 79.4 Å². The van der Waals surface area contributed by atoms with E-state index in [0.29, 0.717) is 29.2 Å². The van der Waals surface area contributed by atoms with Gasteiger partial charge in [0.15, 0.2) is 5.13 Å². The third kappa shape index (κ3) is 5.60. The number of carbonyl (C=O) groups excluding carboxylic acids is 3. The number of benzene rings is 2. The largest absolute Gasteiger partial charge is 0.507 e. The average molecular weight is 647 g/mol. The number of aryl methyl sites for hydroxylation is 1. The lowest BCUT2D eigenvalue weighted by atomic mass is 9.95. The van der Waals surface area contributed by atoms with Gasteiger partial charge in [0.25, 0.3) is 5.78 Å². The second-order valence-electron chi connectivity index (χ2n) is 8.58. The van der Waals surface area contributed by atoms with Crippen LogP contribution < -0.4 is 9.64 Å². The zero-order valence-electron chi connectivity index (χ0n) is 21.2. The van der Waals surface area contributed by atoms with Gasteiger partial charge in [-0.2, -0.15) is 0 Å². The van der Waals surface area contributed by atoms with Gasteiger partial charge in [-0.1, -0.05) is 48.9 Å². The summed E-state index contributed by atoms with van der Waals surface area (Å²) in [5.41, 5.74) is 1.30. The first-order valence-electron chi connectivity index (χ1n) is 12.2. The van der Waals surface area contributed by atoms with Crippen LogP contribution >= 0.6 is 33.9 Å². The monoisotopic (exact) mass is 646 g/mol. The van der Waals surface area contributed by atoms with Crippen molar-refractivity contribution in [2.24, 2.45) is 0 Å². The van der Waals surface area contributed by atoms with Gasteiger partial charge in [0, 0.05) is 9.13 Å². The average Bonchev–Trinajstić information content (AvgIpc) is 3.41. The van der Waals surface area contributed by atoms with Crippen LogP contribution in [0.25, 0.3) is 5.76 Å². The van der Waals surface area contributed by atoms with Gasteiger partial charge in [-0.25, -0.2) is 9.78 Å². The molecule has 1 fully saturated rings. The number of Topliss-reactive ketones (excluding diaryl/α,β-unsaturated/α-hetero) is 1. The van der Waals surface area contributed by atoms with Gasteiger partial charge in [0.2, 0.25) is 0 Å². The lowest BCUT2D eigenvalue weighted by Gasteiger charge is -2.23. The first-order chi connectivity index (χ1) is 18.3. The van der Waals surface area contributed by atoms with Crippen LogP contribution in [-0.4, -0.2) is 41.0 Å². The molecule has 3 aromatic rings. The first-order valence-corrected chi connectivity index (χ1v) is 14.1.